The third kappa shape index (κ3) is 2.95. The molecule has 1 atom stereocenters. The van der Waals surface area contributed by atoms with Crippen LogP contribution in [0.2, 0.25) is 0 Å². The zero-order chi connectivity index (χ0) is 12.3. The average Bonchev–Trinajstić information content (AvgIpc) is 2.65. The maximum absolute atomic E-state index is 10.7. The molecule has 0 fully saturated rings. The zero-order valence-electron chi connectivity index (χ0n) is 9.97. The molecule has 0 aromatic carbocycles. The van der Waals surface area contributed by atoms with E-state index in [1.807, 2.05) is 13.8 Å². The second kappa shape index (κ2) is 4.96. The molecule has 0 aliphatic carbocycles. The van der Waals surface area contributed by atoms with E-state index in [4.69, 9.17) is 9.63 Å². The molecule has 1 aromatic heterocycles. The highest BCUT2D eigenvalue weighted by Crippen LogP contribution is 2.16. The van der Waals surface area contributed by atoms with Gasteiger partial charge in [-0.05, 0) is 0 Å². The largest absolute Gasteiger partial charge is 0.481 e. The molecule has 0 saturated carbocycles. The van der Waals surface area contributed by atoms with Gasteiger partial charge in [-0.15, -0.1) is 0 Å². The number of rotatable bonds is 5. The highest BCUT2D eigenvalue weighted by Gasteiger charge is 2.18. The molecular weight excluding hydrogens is 210 g/mol. The molecule has 6 nitrogen and oxygen atoms in total. The quantitative estimate of drug-likeness (QED) is 0.817. The smallest absolute Gasteiger partial charge is 0.323 e. The Kier molecular flexibility index (Phi) is 3.87. The molecule has 90 valence electrons. The standard InChI is InChI=1S/C10H17N3O3/c1-6(2)8-11-10(16-12-8)13(4)5-7(3)9(14)15/h6-7H,5H2,1-4H3,(H,14,15). The van der Waals surface area contributed by atoms with Crippen LogP contribution in [0.4, 0.5) is 6.01 Å². The predicted molar refractivity (Wildman–Crippen MR) is 58.5 cm³/mol. The number of hydrogen-bond acceptors (Lipinski definition) is 5. The van der Waals surface area contributed by atoms with Gasteiger partial charge in [0.15, 0.2) is 5.82 Å². The van der Waals surface area contributed by atoms with Crippen molar-refractivity contribution in [3.8, 4) is 0 Å². The number of carboxylic acids is 1. The summed E-state index contributed by atoms with van der Waals surface area (Å²) in [6.45, 7) is 5.91. The molecule has 0 bridgehead atoms. The summed E-state index contributed by atoms with van der Waals surface area (Å²) in [6.07, 6.45) is 0. The van der Waals surface area contributed by atoms with E-state index >= 15 is 0 Å². The van der Waals surface area contributed by atoms with Gasteiger partial charge in [-0.25, -0.2) is 0 Å². The summed E-state index contributed by atoms with van der Waals surface area (Å²) in [5.74, 6) is -0.484. The first-order chi connectivity index (χ1) is 7.41. The van der Waals surface area contributed by atoms with Crippen LogP contribution in [0, 0.1) is 5.92 Å². The first kappa shape index (κ1) is 12.5. The number of carbonyl (C=O) groups is 1. The van der Waals surface area contributed by atoms with Gasteiger partial charge in [0.2, 0.25) is 0 Å². The van der Waals surface area contributed by atoms with Crippen LogP contribution < -0.4 is 4.90 Å². The Morgan fingerprint density at radius 2 is 2.12 bits per heavy atom. The summed E-state index contributed by atoms with van der Waals surface area (Å²) in [5, 5.41) is 12.6. The van der Waals surface area contributed by atoms with E-state index in [1.165, 1.54) is 0 Å². The van der Waals surface area contributed by atoms with Crippen molar-refractivity contribution in [1.82, 2.24) is 10.1 Å². The molecular formula is C10H17N3O3. The van der Waals surface area contributed by atoms with E-state index in [-0.39, 0.29) is 5.92 Å². The molecule has 1 heterocycles. The fourth-order valence-corrected chi connectivity index (χ4v) is 1.18. The summed E-state index contributed by atoms with van der Waals surface area (Å²) >= 11 is 0. The van der Waals surface area contributed by atoms with E-state index < -0.39 is 11.9 Å². The van der Waals surface area contributed by atoms with Crippen molar-refractivity contribution in [3.63, 3.8) is 0 Å². The Morgan fingerprint density at radius 1 is 1.50 bits per heavy atom. The molecule has 0 aliphatic rings. The van der Waals surface area contributed by atoms with Crippen molar-refractivity contribution in [2.75, 3.05) is 18.5 Å². The monoisotopic (exact) mass is 227 g/mol. The second-order valence-corrected chi connectivity index (χ2v) is 4.21. The lowest BCUT2D eigenvalue weighted by atomic mass is 10.2. The summed E-state index contributed by atoms with van der Waals surface area (Å²) in [4.78, 5) is 16.5. The second-order valence-electron chi connectivity index (χ2n) is 4.21. The summed E-state index contributed by atoms with van der Waals surface area (Å²) in [5.41, 5.74) is 0. The molecule has 0 radical (unpaired) electrons. The van der Waals surface area contributed by atoms with Gasteiger partial charge in [0.05, 0.1) is 5.92 Å². The molecule has 6 heteroatoms. The third-order valence-corrected chi connectivity index (χ3v) is 2.24. The molecule has 0 amide bonds. The lowest BCUT2D eigenvalue weighted by Crippen LogP contribution is -2.28. The maximum Gasteiger partial charge on any atom is 0.323 e. The number of aromatic nitrogens is 2. The average molecular weight is 227 g/mol. The fourth-order valence-electron chi connectivity index (χ4n) is 1.18. The molecule has 1 N–H and O–H groups in total. The first-order valence-electron chi connectivity index (χ1n) is 5.19. The molecule has 0 spiro atoms. The topological polar surface area (TPSA) is 79.5 Å². The Hall–Kier alpha value is -1.59. The van der Waals surface area contributed by atoms with E-state index in [1.54, 1.807) is 18.9 Å². The van der Waals surface area contributed by atoms with Crippen LogP contribution in [-0.4, -0.2) is 34.8 Å². The Morgan fingerprint density at radius 3 is 2.56 bits per heavy atom. The van der Waals surface area contributed by atoms with Crippen LogP contribution in [0.25, 0.3) is 0 Å². The van der Waals surface area contributed by atoms with E-state index in [9.17, 15) is 4.79 Å². The van der Waals surface area contributed by atoms with Crippen molar-refractivity contribution in [1.29, 1.82) is 0 Å². The van der Waals surface area contributed by atoms with Crippen molar-refractivity contribution in [2.45, 2.75) is 26.7 Å². The SMILES string of the molecule is CC(CN(C)c1nc(C(C)C)no1)C(=O)O. The van der Waals surface area contributed by atoms with Crippen LogP contribution in [-0.2, 0) is 4.79 Å². The van der Waals surface area contributed by atoms with Crippen molar-refractivity contribution in [2.24, 2.45) is 5.92 Å². The Labute approximate surface area is 94.3 Å². The number of carboxylic acid groups (broad SMARTS) is 1. The lowest BCUT2D eigenvalue weighted by molar-refractivity contribution is -0.140. The van der Waals surface area contributed by atoms with Gasteiger partial charge in [-0.1, -0.05) is 25.9 Å². The van der Waals surface area contributed by atoms with Gasteiger partial charge in [0, 0.05) is 19.5 Å². The van der Waals surface area contributed by atoms with Gasteiger partial charge >= 0.3 is 12.0 Å². The highest BCUT2D eigenvalue weighted by atomic mass is 16.5. The minimum Gasteiger partial charge on any atom is -0.481 e. The number of anilines is 1. The molecule has 16 heavy (non-hydrogen) atoms. The Bertz CT molecular complexity index is 362. The molecule has 1 aromatic rings. The normalized spacial score (nSPS) is 12.8. The first-order valence-corrected chi connectivity index (χ1v) is 5.19. The minimum atomic E-state index is -0.838. The van der Waals surface area contributed by atoms with Gasteiger partial charge in [0.25, 0.3) is 0 Å². The number of aliphatic carboxylic acids is 1. The van der Waals surface area contributed by atoms with E-state index in [2.05, 4.69) is 10.1 Å². The number of hydrogen-bond donors (Lipinski definition) is 1. The molecule has 1 unspecified atom stereocenters. The van der Waals surface area contributed by atoms with Crippen LogP contribution in [0.1, 0.15) is 32.5 Å². The summed E-state index contributed by atoms with van der Waals surface area (Å²) in [7, 11) is 1.73. The predicted octanol–water partition coefficient (Wildman–Crippen LogP) is 1.35. The van der Waals surface area contributed by atoms with Crippen LogP contribution in [0.3, 0.4) is 0 Å². The van der Waals surface area contributed by atoms with Crippen LogP contribution in [0.5, 0.6) is 0 Å². The van der Waals surface area contributed by atoms with Crippen LogP contribution in [0.15, 0.2) is 4.52 Å². The third-order valence-electron chi connectivity index (χ3n) is 2.24. The fraction of sp³-hybridized carbons (Fsp3) is 0.700. The van der Waals surface area contributed by atoms with E-state index in [0.717, 1.165) is 0 Å². The summed E-state index contributed by atoms with van der Waals surface area (Å²) in [6, 6.07) is 0.358. The zero-order valence-corrected chi connectivity index (χ0v) is 9.97. The van der Waals surface area contributed by atoms with Gasteiger partial charge < -0.3 is 14.5 Å². The van der Waals surface area contributed by atoms with Gasteiger partial charge in [-0.3, -0.25) is 4.79 Å². The lowest BCUT2D eigenvalue weighted by Gasteiger charge is -2.15. The maximum atomic E-state index is 10.7. The van der Waals surface area contributed by atoms with E-state index in [0.29, 0.717) is 18.4 Å². The molecule has 0 aliphatic heterocycles. The van der Waals surface area contributed by atoms with Gasteiger partial charge in [0.1, 0.15) is 0 Å². The minimum absolute atomic E-state index is 0.197. The summed E-state index contributed by atoms with van der Waals surface area (Å²) < 4.78 is 5.04. The van der Waals surface area contributed by atoms with Crippen molar-refractivity contribution < 1.29 is 14.4 Å². The Balaban J connectivity index is 2.65. The van der Waals surface area contributed by atoms with Crippen molar-refractivity contribution in [3.05, 3.63) is 5.82 Å². The molecule has 0 saturated heterocycles. The van der Waals surface area contributed by atoms with Crippen molar-refractivity contribution >= 4 is 12.0 Å². The highest BCUT2D eigenvalue weighted by molar-refractivity contribution is 5.70. The van der Waals surface area contributed by atoms with Crippen LogP contribution >= 0.6 is 0 Å². The number of nitrogens with zero attached hydrogens (tertiary/aromatic N) is 3. The molecule has 1 rings (SSSR count). The van der Waals surface area contributed by atoms with Gasteiger partial charge in [-0.2, -0.15) is 4.98 Å².